The van der Waals surface area contributed by atoms with Crippen molar-refractivity contribution in [2.75, 3.05) is 6.61 Å². The lowest BCUT2D eigenvalue weighted by atomic mass is 10.1. The van der Waals surface area contributed by atoms with Gasteiger partial charge in [0.25, 0.3) is 0 Å². The molecule has 0 amide bonds. The molecule has 0 atom stereocenters. The van der Waals surface area contributed by atoms with Crippen LogP contribution in [0.5, 0.6) is 5.75 Å². The van der Waals surface area contributed by atoms with Gasteiger partial charge in [-0.05, 0) is 43.3 Å². The summed E-state index contributed by atoms with van der Waals surface area (Å²) in [5, 5.41) is 14.9. The maximum Gasteiger partial charge on any atom is 0.338 e. The number of carbonyl (C=O) groups is 1. The number of phenols is 1. The first-order valence-electron chi connectivity index (χ1n) is 8.07. The number of rotatable bonds is 4. The van der Waals surface area contributed by atoms with Gasteiger partial charge in [0.05, 0.1) is 24.1 Å². The van der Waals surface area contributed by atoms with Gasteiger partial charge in [-0.2, -0.15) is 5.10 Å². The molecule has 0 bridgehead atoms. The molecule has 26 heavy (non-hydrogen) atoms. The number of imidazole rings is 1. The fraction of sp³-hybridized carbons (Fsp3) is 0.105. The second kappa shape index (κ2) is 6.61. The number of benzene rings is 2. The van der Waals surface area contributed by atoms with Gasteiger partial charge in [0.15, 0.2) is 0 Å². The van der Waals surface area contributed by atoms with E-state index in [0.717, 1.165) is 26.8 Å². The predicted octanol–water partition coefficient (Wildman–Crippen LogP) is 4.01. The van der Waals surface area contributed by atoms with E-state index >= 15 is 0 Å². The fourth-order valence-electron chi connectivity index (χ4n) is 2.60. The molecule has 0 saturated heterocycles. The molecular formula is C19H15N3O3S. The van der Waals surface area contributed by atoms with Gasteiger partial charge < -0.3 is 9.84 Å². The lowest BCUT2D eigenvalue weighted by molar-refractivity contribution is 0.0526. The first kappa shape index (κ1) is 16.3. The summed E-state index contributed by atoms with van der Waals surface area (Å²) in [6, 6.07) is 14.1. The summed E-state index contributed by atoms with van der Waals surface area (Å²) in [5.41, 5.74) is 3.19. The third-order valence-electron chi connectivity index (χ3n) is 3.89. The van der Waals surface area contributed by atoms with Crippen LogP contribution in [0.15, 0.2) is 54.7 Å². The summed E-state index contributed by atoms with van der Waals surface area (Å²) in [6.45, 7) is 2.13. The predicted molar refractivity (Wildman–Crippen MR) is 99.4 cm³/mol. The molecule has 6 nitrogen and oxygen atoms in total. The SMILES string of the molecule is CCOC(=O)c1ccc(-c2cnc3sc(-c4ccc(O)cc4)nn23)cc1. The molecule has 130 valence electrons. The Morgan fingerprint density at radius 3 is 2.50 bits per heavy atom. The van der Waals surface area contributed by atoms with E-state index in [9.17, 15) is 9.90 Å². The third kappa shape index (κ3) is 2.93. The second-order valence-electron chi connectivity index (χ2n) is 5.59. The Hall–Kier alpha value is -3.19. The Morgan fingerprint density at radius 1 is 1.12 bits per heavy atom. The summed E-state index contributed by atoms with van der Waals surface area (Å²) in [6.07, 6.45) is 1.76. The molecule has 2 aromatic carbocycles. The summed E-state index contributed by atoms with van der Waals surface area (Å²) in [4.78, 5) is 17.0. The van der Waals surface area contributed by atoms with Crippen LogP contribution in [-0.2, 0) is 4.74 Å². The molecule has 2 aromatic heterocycles. The molecule has 0 aliphatic heterocycles. The Labute approximate surface area is 153 Å². The molecule has 0 saturated carbocycles. The summed E-state index contributed by atoms with van der Waals surface area (Å²) in [7, 11) is 0. The van der Waals surface area contributed by atoms with Crippen molar-refractivity contribution in [3.63, 3.8) is 0 Å². The topological polar surface area (TPSA) is 76.7 Å². The van der Waals surface area contributed by atoms with Gasteiger partial charge in [-0.25, -0.2) is 14.3 Å². The number of ether oxygens (including phenoxy) is 1. The monoisotopic (exact) mass is 365 g/mol. The number of esters is 1. The number of hydrogen-bond donors (Lipinski definition) is 1. The summed E-state index contributed by atoms with van der Waals surface area (Å²) >= 11 is 1.47. The average Bonchev–Trinajstić information content (AvgIpc) is 3.23. The van der Waals surface area contributed by atoms with Crippen molar-refractivity contribution in [3.8, 4) is 27.6 Å². The largest absolute Gasteiger partial charge is 0.508 e. The minimum absolute atomic E-state index is 0.220. The lowest BCUT2D eigenvalue weighted by Crippen LogP contribution is -2.04. The smallest absolute Gasteiger partial charge is 0.338 e. The van der Waals surface area contributed by atoms with E-state index in [-0.39, 0.29) is 11.7 Å². The Balaban J connectivity index is 1.69. The van der Waals surface area contributed by atoms with Crippen LogP contribution < -0.4 is 0 Å². The van der Waals surface area contributed by atoms with Gasteiger partial charge in [0, 0.05) is 11.1 Å². The molecule has 4 aromatic rings. The highest BCUT2D eigenvalue weighted by Crippen LogP contribution is 2.30. The van der Waals surface area contributed by atoms with E-state index in [1.807, 2.05) is 24.3 Å². The quantitative estimate of drug-likeness (QED) is 0.553. The van der Waals surface area contributed by atoms with Crippen molar-refractivity contribution in [1.82, 2.24) is 14.6 Å². The van der Waals surface area contributed by atoms with Crippen molar-refractivity contribution in [1.29, 1.82) is 0 Å². The van der Waals surface area contributed by atoms with Gasteiger partial charge in [-0.1, -0.05) is 23.5 Å². The maximum absolute atomic E-state index is 11.8. The molecule has 4 rings (SSSR count). The number of fused-ring (bicyclic) bond motifs is 1. The third-order valence-corrected chi connectivity index (χ3v) is 4.86. The first-order valence-corrected chi connectivity index (χ1v) is 8.89. The highest BCUT2D eigenvalue weighted by molar-refractivity contribution is 7.19. The number of carbonyl (C=O) groups excluding carboxylic acids is 1. The van der Waals surface area contributed by atoms with Gasteiger partial charge in [0.2, 0.25) is 4.96 Å². The standard InChI is InChI=1S/C19H15N3O3S/c1-2-25-18(24)14-5-3-12(4-6-14)16-11-20-19-22(16)21-17(26-19)13-7-9-15(23)10-8-13/h3-11,23H,2H2,1H3. The van der Waals surface area contributed by atoms with Crippen LogP contribution in [0.4, 0.5) is 0 Å². The molecule has 0 spiro atoms. The van der Waals surface area contributed by atoms with Crippen molar-refractivity contribution < 1.29 is 14.6 Å². The van der Waals surface area contributed by atoms with Crippen molar-refractivity contribution in [2.24, 2.45) is 0 Å². The second-order valence-corrected chi connectivity index (χ2v) is 6.55. The van der Waals surface area contributed by atoms with E-state index in [1.54, 1.807) is 41.9 Å². The zero-order chi connectivity index (χ0) is 18.1. The summed E-state index contributed by atoms with van der Waals surface area (Å²) in [5.74, 6) is -0.113. The normalized spacial score (nSPS) is 11.0. The molecule has 0 fully saturated rings. The van der Waals surface area contributed by atoms with Crippen LogP contribution in [0, 0.1) is 0 Å². The molecule has 1 N–H and O–H groups in total. The van der Waals surface area contributed by atoms with Crippen LogP contribution in [0.1, 0.15) is 17.3 Å². The van der Waals surface area contributed by atoms with Crippen LogP contribution in [0.25, 0.3) is 26.8 Å². The van der Waals surface area contributed by atoms with Gasteiger partial charge in [0.1, 0.15) is 10.8 Å². The van der Waals surface area contributed by atoms with E-state index in [4.69, 9.17) is 4.74 Å². The van der Waals surface area contributed by atoms with Crippen LogP contribution in [0.2, 0.25) is 0 Å². The molecule has 7 heteroatoms. The van der Waals surface area contributed by atoms with E-state index < -0.39 is 0 Å². The van der Waals surface area contributed by atoms with Gasteiger partial charge >= 0.3 is 5.97 Å². The van der Waals surface area contributed by atoms with Crippen molar-refractivity contribution >= 4 is 22.3 Å². The van der Waals surface area contributed by atoms with Crippen LogP contribution in [-0.4, -0.2) is 32.3 Å². The fourth-order valence-corrected chi connectivity index (χ4v) is 3.48. The highest BCUT2D eigenvalue weighted by Gasteiger charge is 2.14. The number of phenolic OH excluding ortho intramolecular Hbond substituents is 1. The van der Waals surface area contributed by atoms with Crippen molar-refractivity contribution in [2.45, 2.75) is 6.92 Å². The zero-order valence-corrected chi connectivity index (χ0v) is 14.7. The summed E-state index contributed by atoms with van der Waals surface area (Å²) < 4.78 is 6.79. The minimum Gasteiger partial charge on any atom is -0.508 e. The van der Waals surface area contributed by atoms with Gasteiger partial charge in [-0.3, -0.25) is 0 Å². The molecule has 0 radical (unpaired) electrons. The molecule has 2 heterocycles. The molecular weight excluding hydrogens is 350 g/mol. The van der Waals surface area contributed by atoms with Gasteiger partial charge in [-0.15, -0.1) is 0 Å². The van der Waals surface area contributed by atoms with E-state index in [2.05, 4.69) is 10.1 Å². The van der Waals surface area contributed by atoms with E-state index in [1.165, 1.54) is 11.3 Å². The number of nitrogens with zero attached hydrogens (tertiary/aromatic N) is 3. The molecule has 0 aliphatic rings. The minimum atomic E-state index is -0.333. The Kier molecular flexibility index (Phi) is 4.14. The first-order chi connectivity index (χ1) is 12.7. The Morgan fingerprint density at radius 2 is 1.81 bits per heavy atom. The van der Waals surface area contributed by atoms with Crippen LogP contribution in [0.3, 0.4) is 0 Å². The Bertz CT molecular complexity index is 1070. The molecule has 0 unspecified atom stereocenters. The zero-order valence-electron chi connectivity index (χ0n) is 13.9. The van der Waals surface area contributed by atoms with E-state index in [0.29, 0.717) is 12.2 Å². The number of hydrogen-bond acceptors (Lipinski definition) is 6. The average molecular weight is 365 g/mol. The maximum atomic E-state index is 11.8. The van der Waals surface area contributed by atoms with Crippen molar-refractivity contribution in [3.05, 3.63) is 60.3 Å². The number of aromatic nitrogens is 3. The highest BCUT2D eigenvalue weighted by atomic mass is 32.1. The molecule has 0 aliphatic carbocycles. The number of aromatic hydroxyl groups is 1. The van der Waals surface area contributed by atoms with Crippen LogP contribution >= 0.6 is 11.3 Å². The lowest BCUT2D eigenvalue weighted by Gasteiger charge is -2.03.